The van der Waals surface area contributed by atoms with Gasteiger partial charge in [-0.2, -0.15) is 0 Å². The molecule has 1 saturated heterocycles. The van der Waals surface area contributed by atoms with Crippen LogP contribution in [-0.2, 0) is 26.0 Å². The minimum atomic E-state index is -3.80. The number of nitrogens with one attached hydrogen (secondary N) is 2. The highest BCUT2D eigenvalue weighted by Crippen LogP contribution is 2.26. The summed E-state index contributed by atoms with van der Waals surface area (Å²) in [7, 11) is -3.80. The third-order valence-electron chi connectivity index (χ3n) is 5.83. The van der Waals surface area contributed by atoms with E-state index in [9.17, 15) is 18.0 Å². The van der Waals surface area contributed by atoms with E-state index in [1.165, 1.54) is 12.1 Å². The summed E-state index contributed by atoms with van der Waals surface area (Å²) in [4.78, 5) is 27.7. The molecule has 1 aliphatic heterocycles. The highest BCUT2D eigenvalue weighted by molar-refractivity contribution is 7.92. The van der Waals surface area contributed by atoms with Crippen LogP contribution in [0.1, 0.15) is 18.4 Å². The van der Waals surface area contributed by atoms with Crippen molar-refractivity contribution in [3.05, 3.63) is 90.5 Å². The zero-order valence-corrected chi connectivity index (χ0v) is 19.5. The summed E-state index contributed by atoms with van der Waals surface area (Å²) in [5.41, 5.74) is 1.60. The fourth-order valence-electron chi connectivity index (χ4n) is 4.02. The molecule has 1 aliphatic rings. The molecule has 3 aromatic rings. The molecule has 2 amide bonds. The lowest BCUT2D eigenvalue weighted by molar-refractivity contribution is -0.133. The van der Waals surface area contributed by atoms with E-state index in [0.29, 0.717) is 31.6 Å². The number of hydrogen-bond donors (Lipinski definition) is 2. The smallest absolute Gasteiger partial charge is 0.261 e. The van der Waals surface area contributed by atoms with Crippen LogP contribution in [0.4, 0.5) is 11.4 Å². The molecule has 4 rings (SSSR count). The first kappa shape index (κ1) is 23.5. The van der Waals surface area contributed by atoms with E-state index < -0.39 is 10.0 Å². The van der Waals surface area contributed by atoms with Crippen LogP contribution in [0.2, 0.25) is 0 Å². The van der Waals surface area contributed by atoms with Gasteiger partial charge in [0.2, 0.25) is 11.8 Å². The molecule has 3 aromatic carbocycles. The van der Waals surface area contributed by atoms with Gasteiger partial charge in [0, 0.05) is 13.1 Å². The van der Waals surface area contributed by atoms with Gasteiger partial charge in [-0.15, -0.1) is 0 Å². The molecule has 8 heteroatoms. The number of benzene rings is 3. The standard InChI is InChI=1S/C26H27N3O4S/c30-25(18-20-10-3-1-4-11-20)29-17-9-12-21(19-29)26(31)27-23-15-7-8-16-24(23)28-34(32,33)22-13-5-2-6-14-22/h1-8,10-11,13-16,21,28H,9,12,17-19H2,(H,27,31). The quantitative estimate of drug-likeness (QED) is 0.539. The number of anilines is 2. The van der Waals surface area contributed by atoms with Gasteiger partial charge in [0.05, 0.1) is 28.6 Å². The van der Waals surface area contributed by atoms with Crippen LogP contribution in [0, 0.1) is 5.92 Å². The Morgan fingerprint density at radius 1 is 0.853 bits per heavy atom. The maximum atomic E-state index is 13.1. The predicted molar refractivity (Wildman–Crippen MR) is 132 cm³/mol. The molecule has 2 N–H and O–H groups in total. The summed E-state index contributed by atoms with van der Waals surface area (Å²) in [5, 5.41) is 2.86. The van der Waals surface area contributed by atoms with Gasteiger partial charge in [0.1, 0.15) is 0 Å². The Morgan fingerprint density at radius 3 is 2.18 bits per heavy atom. The monoisotopic (exact) mass is 477 g/mol. The lowest BCUT2D eigenvalue weighted by Crippen LogP contribution is -2.44. The first-order chi connectivity index (χ1) is 16.4. The van der Waals surface area contributed by atoms with Crippen molar-refractivity contribution in [2.45, 2.75) is 24.2 Å². The molecular formula is C26H27N3O4S. The second kappa shape index (κ2) is 10.5. The molecule has 34 heavy (non-hydrogen) atoms. The van der Waals surface area contributed by atoms with Crippen LogP contribution in [0.5, 0.6) is 0 Å². The van der Waals surface area contributed by atoms with E-state index in [2.05, 4.69) is 10.0 Å². The van der Waals surface area contributed by atoms with Crippen LogP contribution >= 0.6 is 0 Å². The Kier molecular flexibility index (Phi) is 7.27. The summed E-state index contributed by atoms with van der Waals surface area (Å²) in [6, 6.07) is 24.3. The molecule has 0 spiro atoms. The maximum Gasteiger partial charge on any atom is 0.261 e. The first-order valence-corrected chi connectivity index (χ1v) is 12.7. The van der Waals surface area contributed by atoms with Gasteiger partial charge in [-0.25, -0.2) is 8.42 Å². The van der Waals surface area contributed by atoms with Crippen LogP contribution in [-0.4, -0.2) is 38.2 Å². The Labute approximate surface area is 199 Å². The van der Waals surface area contributed by atoms with Crippen LogP contribution in [0.3, 0.4) is 0 Å². The van der Waals surface area contributed by atoms with Crippen molar-refractivity contribution in [2.24, 2.45) is 5.92 Å². The Bertz CT molecular complexity index is 1250. The largest absolute Gasteiger partial charge is 0.342 e. The van der Waals surface area contributed by atoms with E-state index in [1.54, 1.807) is 47.4 Å². The SMILES string of the molecule is O=C(Nc1ccccc1NS(=O)(=O)c1ccccc1)C1CCCN(C(=O)Cc2ccccc2)C1. The number of carbonyl (C=O) groups is 2. The second-order valence-corrected chi connectivity index (χ2v) is 9.98. The van der Waals surface area contributed by atoms with Gasteiger partial charge in [-0.3, -0.25) is 14.3 Å². The molecule has 0 saturated carbocycles. The number of likely N-dealkylation sites (tertiary alicyclic amines) is 1. The normalized spacial score (nSPS) is 16.0. The summed E-state index contributed by atoms with van der Waals surface area (Å²) >= 11 is 0. The fraction of sp³-hybridized carbons (Fsp3) is 0.231. The topological polar surface area (TPSA) is 95.6 Å². The van der Waals surface area contributed by atoms with Crippen molar-refractivity contribution >= 4 is 33.2 Å². The Morgan fingerprint density at radius 2 is 1.47 bits per heavy atom. The molecule has 0 aliphatic carbocycles. The minimum absolute atomic E-state index is 0.000258. The number of piperidine rings is 1. The van der Waals surface area contributed by atoms with Crippen LogP contribution in [0.15, 0.2) is 89.8 Å². The summed E-state index contributed by atoms with van der Waals surface area (Å²) in [6.07, 6.45) is 1.71. The number of sulfonamides is 1. The summed E-state index contributed by atoms with van der Waals surface area (Å²) in [6.45, 7) is 0.971. The van der Waals surface area contributed by atoms with Crippen molar-refractivity contribution in [1.29, 1.82) is 0 Å². The van der Waals surface area contributed by atoms with Gasteiger partial charge >= 0.3 is 0 Å². The van der Waals surface area contributed by atoms with E-state index in [4.69, 9.17) is 0 Å². The molecule has 7 nitrogen and oxygen atoms in total. The van der Waals surface area contributed by atoms with Crippen molar-refractivity contribution in [1.82, 2.24) is 4.90 Å². The predicted octanol–water partition coefficient (Wildman–Crippen LogP) is 3.91. The van der Waals surface area contributed by atoms with Gasteiger partial charge in [-0.1, -0.05) is 60.7 Å². The first-order valence-electron chi connectivity index (χ1n) is 11.2. The second-order valence-electron chi connectivity index (χ2n) is 8.29. The summed E-state index contributed by atoms with van der Waals surface area (Å²) in [5.74, 6) is -0.601. The number of hydrogen-bond acceptors (Lipinski definition) is 4. The van der Waals surface area contributed by atoms with E-state index >= 15 is 0 Å². The molecule has 1 unspecified atom stereocenters. The zero-order chi connectivity index (χ0) is 24.0. The molecule has 1 fully saturated rings. The maximum absolute atomic E-state index is 13.1. The van der Waals surface area contributed by atoms with Crippen molar-refractivity contribution < 1.29 is 18.0 Å². The molecule has 0 bridgehead atoms. The van der Waals surface area contributed by atoms with Crippen LogP contribution in [0.25, 0.3) is 0 Å². The van der Waals surface area contributed by atoms with Gasteiger partial charge < -0.3 is 10.2 Å². The minimum Gasteiger partial charge on any atom is -0.342 e. The highest BCUT2D eigenvalue weighted by Gasteiger charge is 2.29. The summed E-state index contributed by atoms with van der Waals surface area (Å²) < 4.78 is 28.0. The van der Waals surface area contributed by atoms with Crippen LogP contribution < -0.4 is 10.0 Å². The van der Waals surface area contributed by atoms with Gasteiger partial charge in [0.25, 0.3) is 10.0 Å². The molecule has 1 atom stereocenters. The van der Waals surface area contributed by atoms with E-state index in [1.807, 2.05) is 30.3 Å². The molecule has 176 valence electrons. The van der Waals surface area contributed by atoms with Gasteiger partial charge in [-0.05, 0) is 42.7 Å². The van der Waals surface area contributed by atoms with Crippen molar-refractivity contribution in [3.8, 4) is 0 Å². The molecule has 0 aromatic heterocycles. The molecular weight excluding hydrogens is 450 g/mol. The van der Waals surface area contributed by atoms with E-state index in [0.717, 1.165) is 12.0 Å². The number of rotatable bonds is 7. The van der Waals surface area contributed by atoms with Gasteiger partial charge in [0.15, 0.2) is 0 Å². The molecule has 0 radical (unpaired) electrons. The third kappa shape index (κ3) is 5.82. The Hall–Kier alpha value is -3.65. The van der Waals surface area contributed by atoms with Crippen molar-refractivity contribution in [3.63, 3.8) is 0 Å². The van der Waals surface area contributed by atoms with E-state index in [-0.39, 0.29) is 28.3 Å². The Balaban J connectivity index is 1.42. The van der Waals surface area contributed by atoms with Crippen molar-refractivity contribution in [2.75, 3.05) is 23.1 Å². The lowest BCUT2D eigenvalue weighted by Gasteiger charge is -2.32. The average Bonchev–Trinajstić information content (AvgIpc) is 2.86. The molecule has 1 heterocycles. The average molecular weight is 478 g/mol. The zero-order valence-electron chi connectivity index (χ0n) is 18.7. The number of nitrogens with zero attached hydrogens (tertiary/aromatic N) is 1. The number of carbonyl (C=O) groups excluding carboxylic acids is 2. The highest BCUT2D eigenvalue weighted by atomic mass is 32.2. The third-order valence-corrected chi connectivity index (χ3v) is 7.21. The number of amides is 2. The fourth-order valence-corrected chi connectivity index (χ4v) is 5.12. The number of para-hydroxylation sites is 2. The lowest BCUT2D eigenvalue weighted by atomic mass is 9.96.